The van der Waals surface area contributed by atoms with Crippen molar-refractivity contribution in [2.45, 2.75) is 20.4 Å². The van der Waals surface area contributed by atoms with Gasteiger partial charge in [0.1, 0.15) is 11.6 Å². The van der Waals surface area contributed by atoms with E-state index in [1.54, 1.807) is 17.0 Å². The number of urea groups is 1. The molecule has 30 heavy (non-hydrogen) atoms. The summed E-state index contributed by atoms with van der Waals surface area (Å²) in [7, 11) is 0. The van der Waals surface area contributed by atoms with E-state index in [4.69, 9.17) is 4.42 Å². The maximum absolute atomic E-state index is 13.0. The third-order valence-corrected chi connectivity index (χ3v) is 5.32. The Bertz CT molecular complexity index is 1010. The van der Waals surface area contributed by atoms with Crippen LogP contribution in [0.3, 0.4) is 0 Å². The molecule has 0 atom stereocenters. The summed E-state index contributed by atoms with van der Waals surface area (Å²) in [6.07, 6.45) is 0. The van der Waals surface area contributed by atoms with Gasteiger partial charge in [-0.1, -0.05) is 17.7 Å². The smallest absolute Gasteiger partial charge is 0.321 e. The van der Waals surface area contributed by atoms with Crippen molar-refractivity contribution < 1.29 is 13.6 Å². The zero-order valence-electron chi connectivity index (χ0n) is 17.2. The Balaban J connectivity index is 1.32. The number of hydrogen-bond acceptors (Lipinski definition) is 4. The van der Waals surface area contributed by atoms with Crippen molar-refractivity contribution in [1.82, 2.24) is 14.8 Å². The molecular formula is C23H25FN4O2. The van der Waals surface area contributed by atoms with Crippen LogP contribution in [-0.4, -0.2) is 47.0 Å². The van der Waals surface area contributed by atoms with Gasteiger partial charge in [-0.2, -0.15) is 0 Å². The lowest BCUT2D eigenvalue weighted by atomic mass is 10.1. The standard InChI is InChI=1S/C23H25FN4O2/c1-16-3-5-18(6-4-16)22-26-21(17(2)30-22)15-27-11-13-28(14-12-27)23(29)25-20-9-7-19(24)8-10-20/h3-10H,11-15H2,1-2H3,(H,25,29). The van der Waals surface area contributed by atoms with Crippen LogP contribution in [0.15, 0.2) is 52.9 Å². The van der Waals surface area contributed by atoms with Crippen molar-refractivity contribution in [3.8, 4) is 11.5 Å². The molecule has 3 aromatic rings. The number of carbonyl (C=O) groups excluding carboxylic acids is 1. The predicted octanol–water partition coefficient (Wildman–Crippen LogP) is 4.45. The van der Waals surface area contributed by atoms with Crippen LogP contribution in [0.4, 0.5) is 14.9 Å². The van der Waals surface area contributed by atoms with Crippen LogP contribution in [0.5, 0.6) is 0 Å². The molecule has 2 amide bonds. The van der Waals surface area contributed by atoms with E-state index in [0.29, 0.717) is 31.2 Å². The lowest BCUT2D eigenvalue weighted by Gasteiger charge is -2.34. The number of amides is 2. The number of aromatic nitrogens is 1. The number of nitrogens with zero attached hydrogens (tertiary/aromatic N) is 3. The zero-order valence-corrected chi connectivity index (χ0v) is 17.2. The number of piperazine rings is 1. The maximum Gasteiger partial charge on any atom is 0.321 e. The fourth-order valence-electron chi connectivity index (χ4n) is 3.45. The highest BCUT2D eigenvalue weighted by atomic mass is 19.1. The van der Waals surface area contributed by atoms with Crippen LogP contribution in [0, 0.1) is 19.7 Å². The van der Waals surface area contributed by atoms with E-state index in [-0.39, 0.29) is 11.8 Å². The summed E-state index contributed by atoms with van der Waals surface area (Å²) in [4.78, 5) is 21.2. The second-order valence-electron chi connectivity index (χ2n) is 7.59. The highest BCUT2D eigenvalue weighted by molar-refractivity contribution is 5.89. The van der Waals surface area contributed by atoms with Gasteiger partial charge in [-0.3, -0.25) is 4.90 Å². The Kier molecular flexibility index (Phi) is 5.81. The molecule has 1 aromatic heterocycles. The summed E-state index contributed by atoms with van der Waals surface area (Å²) in [5.41, 5.74) is 3.68. The van der Waals surface area contributed by atoms with E-state index < -0.39 is 0 Å². The fourth-order valence-corrected chi connectivity index (χ4v) is 3.45. The predicted molar refractivity (Wildman–Crippen MR) is 114 cm³/mol. The number of rotatable bonds is 4. The summed E-state index contributed by atoms with van der Waals surface area (Å²) in [6.45, 7) is 7.42. The van der Waals surface area contributed by atoms with Crippen molar-refractivity contribution in [3.05, 3.63) is 71.4 Å². The van der Waals surface area contributed by atoms with Gasteiger partial charge in [0.05, 0.1) is 5.69 Å². The molecule has 0 spiro atoms. The van der Waals surface area contributed by atoms with Crippen molar-refractivity contribution in [2.24, 2.45) is 0 Å². The minimum Gasteiger partial charge on any atom is -0.441 e. The number of halogens is 1. The van der Waals surface area contributed by atoms with Crippen LogP contribution < -0.4 is 5.32 Å². The molecule has 0 saturated carbocycles. The topological polar surface area (TPSA) is 61.6 Å². The van der Waals surface area contributed by atoms with Gasteiger partial charge in [0.25, 0.3) is 0 Å². The molecule has 0 radical (unpaired) electrons. The second-order valence-corrected chi connectivity index (χ2v) is 7.59. The number of benzene rings is 2. The second kappa shape index (κ2) is 8.67. The van der Waals surface area contributed by atoms with Gasteiger partial charge in [0, 0.05) is 44.0 Å². The lowest BCUT2D eigenvalue weighted by Crippen LogP contribution is -2.49. The molecule has 1 aliphatic heterocycles. The molecule has 2 heterocycles. The summed E-state index contributed by atoms with van der Waals surface area (Å²) in [5.74, 6) is 1.14. The van der Waals surface area contributed by atoms with Gasteiger partial charge >= 0.3 is 6.03 Å². The Hall–Kier alpha value is -3.19. The summed E-state index contributed by atoms with van der Waals surface area (Å²) >= 11 is 0. The van der Waals surface area contributed by atoms with Crippen LogP contribution in [0.2, 0.25) is 0 Å². The van der Waals surface area contributed by atoms with Crippen LogP contribution >= 0.6 is 0 Å². The highest BCUT2D eigenvalue weighted by Gasteiger charge is 2.23. The quantitative estimate of drug-likeness (QED) is 0.693. The monoisotopic (exact) mass is 408 g/mol. The molecule has 0 aliphatic carbocycles. The Morgan fingerprint density at radius 3 is 2.37 bits per heavy atom. The first-order valence-corrected chi connectivity index (χ1v) is 10.0. The van der Waals surface area contributed by atoms with Gasteiger partial charge in [-0.25, -0.2) is 14.2 Å². The van der Waals surface area contributed by atoms with Crippen LogP contribution in [0.1, 0.15) is 17.0 Å². The number of anilines is 1. The first-order valence-electron chi connectivity index (χ1n) is 10.0. The normalized spacial score (nSPS) is 14.7. The van der Waals surface area contributed by atoms with Crippen molar-refractivity contribution in [2.75, 3.05) is 31.5 Å². The molecule has 0 bridgehead atoms. The number of carbonyl (C=O) groups is 1. The first-order chi connectivity index (χ1) is 14.5. The fraction of sp³-hybridized carbons (Fsp3) is 0.304. The minimum atomic E-state index is -0.324. The molecule has 0 unspecified atom stereocenters. The molecule has 2 aromatic carbocycles. The minimum absolute atomic E-state index is 0.166. The average molecular weight is 408 g/mol. The summed E-state index contributed by atoms with van der Waals surface area (Å²) < 4.78 is 18.9. The number of hydrogen-bond donors (Lipinski definition) is 1. The molecule has 1 N–H and O–H groups in total. The SMILES string of the molecule is Cc1ccc(-c2nc(CN3CCN(C(=O)Nc4ccc(F)cc4)CC3)c(C)o2)cc1. The lowest BCUT2D eigenvalue weighted by molar-refractivity contribution is 0.141. The third kappa shape index (κ3) is 4.68. The summed E-state index contributed by atoms with van der Waals surface area (Å²) in [5, 5.41) is 2.81. The average Bonchev–Trinajstić information content (AvgIpc) is 3.11. The van der Waals surface area contributed by atoms with Gasteiger partial charge in [-0.15, -0.1) is 0 Å². The third-order valence-electron chi connectivity index (χ3n) is 5.32. The van der Waals surface area contributed by atoms with Crippen molar-refractivity contribution >= 4 is 11.7 Å². The van der Waals surface area contributed by atoms with Gasteiger partial charge in [0.15, 0.2) is 0 Å². The number of oxazole rings is 1. The molecule has 7 heteroatoms. The van der Waals surface area contributed by atoms with E-state index in [9.17, 15) is 9.18 Å². The number of aryl methyl sites for hydroxylation is 2. The highest BCUT2D eigenvalue weighted by Crippen LogP contribution is 2.23. The van der Waals surface area contributed by atoms with E-state index in [0.717, 1.165) is 30.1 Å². The zero-order chi connectivity index (χ0) is 21.1. The van der Waals surface area contributed by atoms with Gasteiger partial charge < -0.3 is 14.6 Å². The molecule has 1 fully saturated rings. The van der Waals surface area contributed by atoms with E-state index in [1.807, 2.05) is 31.2 Å². The number of nitrogens with one attached hydrogen (secondary N) is 1. The van der Waals surface area contributed by atoms with Gasteiger partial charge in [0.2, 0.25) is 5.89 Å². The van der Waals surface area contributed by atoms with E-state index in [1.165, 1.54) is 17.7 Å². The van der Waals surface area contributed by atoms with E-state index >= 15 is 0 Å². The molecule has 1 aliphatic rings. The molecular weight excluding hydrogens is 383 g/mol. The largest absolute Gasteiger partial charge is 0.441 e. The van der Waals surface area contributed by atoms with Crippen LogP contribution in [0.25, 0.3) is 11.5 Å². The molecule has 1 saturated heterocycles. The van der Waals surface area contributed by atoms with Gasteiger partial charge in [-0.05, 0) is 50.2 Å². The van der Waals surface area contributed by atoms with E-state index in [2.05, 4.69) is 22.1 Å². The maximum atomic E-state index is 13.0. The summed E-state index contributed by atoms with van der Waals surface area (Å²) in [6, 6.07) is 13.7. The molecule has 6 nitrogen and oxygen atoms in total. The molecule has 4 rings (SSSR count). The Morgan fingerprint density at radius 1 is 1.03 bits per heavy atom. The molecule has 156 valence electrons. The van der Waals surface area contributed by atoms with Crippen molar-refractivity contribution in [1.29, 1.82) is 0 Å². The Morgan fingerprint density at radius 2 is 1.70 bits per heavy atom. The van der Waals surface area contributed by atoms with Crippen molar-refractivity contribution in [3.63, 3.8) is 0 Å². The Labute approximate surface area is 175 Å². The van der Waals surface area contributed by atoms with Crippen LogP contribution in [-0.2, 0) is 6.54 Å². The first kappa shape index (κ1) is 20.1.